The molecule has 26 heavy (non-hydrogen) atoms. The van der Waals surface area contributed by atoms with Crippen molar-refractivity contribution >= 4 is 0 Å². The molecule has 0 saturated heterocycles. The number of hydrogen-bond donors (Lipinski definition) is 2. The fourth-order valence-electron chi connectivity index (χ4n) is 3.28. The Balaban J connectivity index is 2.58. The average Bonchev–Trinajstić information content (AvgIpc) is 2.68. The first-order valence-corrected chi connectivity index (χ1v) is 9.62. The molecule has 0 aliphatic carbocycles. The second-order valence-corrected chi connectivity index (χ2v) is 6.54. The Morgan fingerprint density at radius 1 is 0.731 bits per heavy atom. The highest BCUT2D eigenvalue weighted by Crippen LogP contribution is 2.40. The highest BCUT2D eigenvalue weighted by molar-refractivity contribution is 5.75. The predicted molar refractivity (Wildman–Crippen MR) is 108 cm³/mol. The molecule has 0 bridgehead atoms. The monoisotopic (exact) mass is 356 g/mol. The molecule has 2 aromatic carbocycles. The molecule has 2 rings (SSSR count). The lowest BCUT2D eigenvalue weighted by molar-refractivity contribution is 0.272. The zero-order chi connectivity index (χ0) is 19.1. The second-order valence-electron chi connectivity index (χ2n) is 6.54. The molecule has 0 aliphatic rings. The van der Waals surface area contributed by atoms with Crippen LogP contribution in [0.1, 0.15) is 38.8 Å². The molecule has 0 aliphatic heterocycles. The number of hydrogen-bond acceptors (Lipinski definition) is 4. The van der Waals surface area contributed by atoms with Crippen LogP contribution >= 0.6 is 0 Å². The maximum Gasteiger partial charge on any atom is 0.128 e. The first-order chi connectivity index (χ1) is 12.5. The van der Waals surface area contributed by atoms with Crippen LogP contribution in [0.3, 0.4) is 0 Å². The maximum absolute atomic E-state index is 11.1. The summed E-state index contributed by atoms with van der Waals surface area (Å²) in [5.74, 6) is 0.541. The third kappa shape index (κ3) is 4.57. The van der Waals surface area contributed by atoms with Gasteiger partial charge in [-0.05, 0) is 37.8 Å². The summed E-state index contributed by atoms with van der Waals surface area (Å²) >= 11 is 0. The minimum Gasteiger partial charge on any atom is -0.508 e. The van der Waals surface area contributed by atoms with Crippen molar-refractivity contribution in [3.05, 3.63) is 47.5 Å². The van der Waals surface area contributed by atoms with Gasteiger partial charge in [0, 0.05) is 29.8 Å². The molecule has 4 nitrogen and oxygen atoms in total. The average molecular weight is 357 g/mol. The Hall–Kier alpha value is -2.04. The summed E-state index contributed by atoms with van der Waals surface area (Å²) in [6.45, 7) is 13.3. The van der Waals surface area contributed by atoms with Crippen LogP contribution in [0.15, 0.2) is 36.4 Å². The van der Waals surface area contributed by atoms with Gasteiger partial charge in [-0.15, -0.1) is 0 Å². The summed E-state index contributed by atoms with van der Waals surface area (Å²) < 4.78 is 0. The van der Waals surface area contributed by atoms with Gasteiger partial charge in [-0.3, -0.25) is 9.80 Å². The number of phenolic OH excluding ortho intramolecular Hbond substituents is 2. The van der Waals surface area contributed by atoms with E-state index in [1.807, 2.05) is 30.3 Å². The van der Waals surface area contributed by atoms with Crippen LogP contribution < -0.4 is 0 Å². The van der Waals surface area contributed by atoms with Crippen molar-refractivity contribution in [3.8, 4) is 22.6 Å². The number of phenols is 2. The van der Waals surface area contributed by atoms with Gasteiger partial charge < -0.3 is 10.2 Å². The lowest BCUT2D eigenvalue weighted by Crippen LogP contribution is -2.26. The largest absolute Gasteiger partial charge is 0.508 e. The molecule has 0 heterocycles. The van der Waals surface area contributed by atoms with Gasteiger partial charge >= 0.3 is 0 Å². The number of aromatic hydroxyl groups is 2. The van der Waals surface area contributed by atoms with E-state index >= 15 is 0 Å². The normalized spacial score (nSPS) is 11.5. The SMILES string of the molecule is CCN(CC)Cc1c(O)cc(-c2ccccc2)c(O)c1CN(CC)CC. The fourth-order valence-corrected chi connectivity index (χ4v) is 3.28. The molecule has 2 aromatic rings. The molecule has 2 N–H and O–H groups in total. The van der Waals surface area contributed by atoms with Crippen LogP contribution in [-0.2, 0) is 13.1 Å². The molecule has 4 heteroatoms. The number of nitrogens with zero attached hydrogens (tertiary/aromatic N) is 2. The standard InChI is InChI=1S/C22H32N2O2/c1-5-23(6-2)15-19-20(16-24(7-3)8-4)22(26)18(14-21(19)25)17-12-10-9-11-13-17/h9-14,25-26H,5-8,15-16H2,1-4H3. The van der Waals surface area contributed by atoms with Gasteiger partial charge in [-0.2, -0.15) is 0 Å². The smallest absolute Gasteiger partial charge is 0.128 e. The van der Waals surface area contributed by atoms with E-state index < -0.39 is 0 Å². The Bertz CT molecular complexity index is 693. The molecule has 0 unspecified atom stereocenters. The van der Waals surface area contributed by atoms with Crippen molar-refractivity contribution < 1.29 is 10.2 Å². The van der Waals surface area contributed by atoms with Gasteiger partial charge in [0.1, 0.15) is 11.5 Å². The highest BCUT2D eigenvalue weighted by atomic mass is 16.3. The molecule has 0 radical (unpaired) electrons. The molecule has 0 fully saturated rings. The lowest BCUT2D eigenvalue weighted by atomic mass is 9.95. The van der Waals surface area contributed by atoms with Gasteiger partial charge in [-0.25, -0.2) is 0 Å². The summed E-state index contributed by atoms with van der Waals surface area (Å²) in [7, 11) is 0. The summed E-state index contributed by atoms with van der Waals surface area (Å²) in [6, 6.07) is 11.5. The number of rotatable bonds is 9. The Labute approximate surface area is 157 Å². The zero-order valence-electron chi connectivity index (χ0n) is 16.5. The van der Waals surface area contributed by atoms with E-state index in [0.717, 1.165) is 42.9 Å². The first kappa shape index (κ1) is 20.3. The van der Waals surface area contributed by atoms with Crippen molar-refractivity contribution in [3.63, 3.8) is 0 Å². The van der Waals surface area contributed by atoms with E-state index in [4.69, 9.17) is 0 Å². The second kappa shape index (κ2) is 9.60. The van der Waals surface area contributed by atoms with Crippen LogP contribution in [0, 0.1) is 0 Å². The van der Waals surface area contributed by atoms with Crippen molar-refractivity contribution in [1.29, 1.82) is 0 Å². The van der Waals surface area contributed by atoms with E-state index in [1.165, 1.54) is 0 Å². The van der Waals surface area contributed by atoms with E-state index in [9.17, 15) is 10.2 Å². The van der Waals surface area contributed by atoms with Crippen LogP contribution in [-0.4, -0.2) is 46.2 Å². The van der Waals surface area contributed by atoms with Crippen LogP contribution in [0.2, 0.25) is 0 Å². The van der Waals surface area contributed by atoms with Gasteiger partial charge in [-0.1, -0.05) is 58.0 Å². The van der Waals surface area contributed by atoms with Crippen molar-refractivity contribution in [1.82, 2.24) is 9.80 Å². The summed E-state index contributed by atoms with van der Waals surface area (Å²) in [4.78, 5) is 4.51. The summed E-state index contributed by atoms with van der Waals surface area (Å²) in [5.41, 5.74) is 3.27. The minimum absolute atomic E-state index is 0.260. The molecule has 0 saturated carbocycles. The molecule has 0 spiro atoms. The third-order valence-corrected chi connectivity index (χ3v) is 5.13. The Kier molecular flexibility index (Phi) is 7.49. The van der Waals surface area contributed by atoms with Gasteiger partial charge in [0.05, 0.1) is 0 Å². The summed E-state index contributed by atoms with van der Waals surface area (Å²) in [5, 5.41) is 21.9. The quantitative estimate of drug-likeness (QED) is 0.652. The molecular formula is C22H32N2O2. The van der Waals surface area contributed by atoms with Crippen molar-refractivity contribution in [2.45, 2.75) is 40.8 Å². The predicted octanol–water partition coefficient (Wildman–Crippen LogP) is 4.45. The van der Waals surface area contributed by atoms with Crippen LogP contribution in [0.5, 0.6) is 11.5 Å². The lowest BCUT2D eigenvalue weighted by Gasteiger charge is -2.26. The molecular weight excluding hydrogens is 324 g/mol. The molecule has 142 valence electrons. The van der Waals surface area contributed by atoms with Gasteiger partial charge in [0.25, 0.3) is 0 Å². The van der Waals surface area contributed by atoms with E-state index in [-0.39, 0.29) is 11.5 Å². The topological polar surface area (TPSA) is 46.9 Å². The van der Waals surface area contributed by atoms with E-state index in [1.54, 1.807) is 6.07 Å². The molecule has 0 atom stereocenters. The molecule has 0 amide bonds. The van der Waals surface area contributed by atoms with Gasteiger partial charge in [0.2, 0.25) is 0 Å². The highest BCUT2D eigenvalue weighted by Gasteiger charge is 2.21. The van der Waals surface area contributed by atoms with Crippen molar-refractivity contribution in [2.24, 2.45) is 0 Å². The zero-order valence-corrected chi connectivity index (χ0v) is 16.5. The maximum atomic E-state index is 11.1. The fraction of sp³-hybridized carbons (Fsp3) is 0.455. The Morgan fingerprint density at radius 3 is 1.73 bits per heavy atom. The summed E-state index contributed by atoms with van der Waals surface area (Å²) in [6.07, 6.45) is 0. The van der Waals surface area contributed by atoms with Crippen molar-refractivity contribution in [2.75, 3.05) is 26.2 Å². The Morgan fingerprint density at radius 2 is 1.23 bits per heavy atom. The van der Waals surface area contributed by atoms with Crippen LogP contribution in [0.4, 0.5) is 0 Å². The van der Waals surface area contributed by atoms with Crippen LogP contribution in [0.25, 0.3) is 11.1 Å². The third-order valence-electron chi connectivity index (χ3n) is 5.13. The molecule has 0 aromatic heterocycles. The van der Waals surface area contributed by atoms with E-state index in [2.05, 4.69) is 37.5 Å². The number of benzene rings is 2. The van der Waals surface area contributed by atoms with Gasteiger partial charge in [0.15, 0.2) is 0 Å². The first-order valence-electron chi connectivity index (χ1n) is 9.62. The minimum atomic E-state index is 0.260. The van der Waals surface area contributed by atoms with E-state index in [0.29, 0.717) is 18.7 Å².